The Morgan fingerprint density at radius 2 is 2.10 bits per heavy atom. The van der Waals surface area contributed by atoms with Crippen LogP contribution in [0.1, 0.15) is 49.4 Å². The number of carbonyl (C=O) groups excluding carboxylic acids is 1. The van der Waals surface area contributed by atoms with Crippen molar-refractivity contribution in [3.63, 3.8) is 0 Å². The molecule has 1 aliphatic heterocycles. The fourth-order valence-electron chi connectivity index (χ4n) is 3.86. The van der Waals surface area contributed by atoms with E-state index >= 15 is 0 Å². The van der Waals surface area contributed by atoms with Crippen molar-refractivity contribution >= 4 is 21.8 Å². The van der Waals surface area contributed by atoms with Crippen molar-refractivity contribution in [3.05, 3.63) is 34.1 Å². The molecule has 3 unspecified atom stereocenters. The van der Waals surface area contributed by atoms with Crippen LogP contribution in [-0.2, 0) is 0 Å². The van der Waals surface area contributed by atoms with Gasteiger partial charge < -0.3 is 4.90 Å². The summed E-state index contributed by atoms with van der Waals surface area (Å²) in [6.45, 7) is 2.09. The fraction of sp³-hybridized carbons (Fsp3) is 0.562. The molecule has 2 nitrogen and oxygen atoms in total. The predicted molar refractivity (Wildman–Crippen MR) is 80.1 cm³/mol. The number of amides is 1. The number of benzene rings is 1. The Hall–Kier alpha value is -0.900. The topological polar surface area (TPSA) is 20.3 Å². The Labute approximate surface area is 127 Å². The first-order valence-electron chi connectivity index (χ1n) is 7.35. The van der Waals surface area contributed by atoms with Gasteiger partial charge in [-0.25, -0.2) is 4.39 Å². The maximum atomic E-state index is 14.0. The zero-order valence-electron chi connectivity index (χ0n) is 11.6. The van der Waals surface area contributed by atoms with Gasteiger partial charge in [-0.2, -0.15) is 0 Å². The molecule has 1 saturated heterocycles. The van der Waals surface area contributed by atoms with Gasteiger partial charge in [0.2, 0.25) is 0 Å². The van der Waals surface area contributed by atoms with Gasteiger partial charge in [0.25, 0.3) is 5.91 Å². The number of fused-ring (bicyclic) bond motifs is 1. The average Bonchev–Trinajstić information content (AvgIpc) is 2.76. The number of rotatable bonds is 1. The van der Waals surface area contributed by atoms with Crippen molar-refractivity contribution in [1.29, 1.82) is 0 Å². The van der Waals surface area contributed by atoms with Gasteiger partial charge in [-0.1, -0.05) is 28.8 Å². The van der Waals surface area contributed by atoms with Crippen molar-refractivity contribution in [1.82, 2.24) is 4.90 Å². The lowest BCUT2D eigenvalue weighted by Crippen LogP contribution is -2.42. The Balaban J connectivity index is 1.91. The third-order valence-electron chi connectivity index (χ3n) is 4.74. The van der Waals surface area contributed by atoms with E-state index < -0.39 is 5.82 Å². The molecule has 0 spiro atoms. The Bertz CT molecular complexity index is 533. The molecule has 0 bridgehead atoms. The minimum absolute atomic E-state index is 0.147. The second-order valence-corrected chi connectivity index (χ2v) is 6.95. The van der Waals surface area contributed by atoms with Crippen LogP contribution in [0.25, 0.3) is 0 Å². The van der Waals surface area contributed by atoms with Crippen LogP contribution in [0.15, 0.2) is 22.7 Å². The molecule has 3 atom stereocenters. The third-order valence-corrected chi connectivity index (χ3v) is 5.23. The lowest BCUT2D eigenvalue weighted by atomic mass is 9.85. The molecule has 108 valence electrons. The van der Waals surface area contributed by atoms with E-state index in [1.807, 2.05) is 4.90 Å². The van der Waals surface area contributed by atoms with E-state index in [2.05, 4.69) is 22.9 Å². The van der Waals surface area contributed by atoms with Crippen molar-refractivity contribution in [2.24, 2.45) is 5.92 Å². The Morgan fingerprint density at radius 1 is 1.35 bits per heavy atom. The highest BCUT2D eigenvalue weighted by Crippen LogP contribution is 2.40. The number of hydrogen-bond acceptors (Lipinski definition) is 1. The molecule has 0 aromatic heterocycles. The van der Waals surface area contributed by atoms with Crippen molar-refractivity contribution in [2.45, 2.75) is 51.1 Å². The van der Waals surface area contributed by atoms with Crippen molar-refractivity contribution in [3.8, 4) is 0 Å². The normalized spacial score (nSPS) is 29.4. The molecule has 0 N–H and O–H groups in total. The Morgan fingerprint density at radius 3 is 2.90 bits per heavy atom. The molecule has 2 aliphatic rings. The van der Waals surface area contributed by atoms with Gasteiger partial charge >= 0.3 is 0 Å². The molecule has 1 amide bonds. The first-order valence-corrected chi connectivity index (χ1v) is 8.15. The summed E-state index contributed by atoms with van der Waals surface area (Å²) < 4.78 is 14.7. The van der Waals surface area contributed by atoms with Gasteiger partial charge in [-0.3, -0.25) is 4.79 Å². The average molecular weight is 340 g/mol. The fourth-order valence-corrected chi connectivity index (χ4v) is 4.22. The van der Waals surface area contributed by atoms with E-state index in [4.69, 9.17) is 0 Å². The molecule has 0 radical (unpaired) electrons. The first kappa shape index (κ1) is 14.1. The third kappa shape index (κ3) is 2.39. The van der Waals surface area contributed by atoms with E-state index in [1.165, 1.54) is 25.3 Å². The van der Waals surface area contributed by atoms with Crippen LogP contribution in [0.5, 0.6) is 0 Å². The van der Waals surface area contributed by atoms with Gasteiger partial charge in [-0.15, -0.1) is 0 Å². The van der Waals surface area contributed by atoms with Crippen LogP contribution in [0.4, 0.5) is 4.39 Å². The largest absolute Gasteiger partial charge is 0.333 e. The van der Waals surface area contributed by atoms with Crippen LogP contribution in [0, 0.1) is 11.7 Å². The molecule has 4 heteroatoms. The van der Waals surface area contributed by atoms with Crippen LogP contribution in [-0.4, -0.2) is 22.9 Å². The van der Waals surface area contributed by atoms with Gasteiger partial charge in [-0.05, 0) is 50.3 Å². The second kappa shape index (κ2) is 5.47. The maximum Gasteiger partial charge on any atom is 0.257 e. The van der Waals surface area contributed by atoms with Crippen LogP contribution >= 0.6 is 15.9 Å². The van der Waals surface area contributed by atoms with E-state index in [0.29, 0.717) is 12.0 Å². The van der Waals surface area contributed by atoms with Gasteiger partial charge in [0.1, 0.15) is 5.82 Å². The maximum absolute atomic E-state index is 14.0. The molecule has 1 heterocycles. The number of likely N-dealkylation sites (tertiary alicyclic amines) is 1. The Kier molecular flexibility index (Phi) is 3.85. The summed E-state index contributed by atoms with van der Waals surface area (Å²) >= 11 is 3.32. The van der Waals surface area contributed by atoms with Crippen molar-refractivity contribution in [2.75, 3.05) is 0 Å². The SMILES string of the molecule is CC1CC2CCCCC2N1C(=O)c1cc(Br)ccc1F. The van der Waals surface area contributed by atoms with E-state index in [1.54, 1.807) is 12.1 Å². The summed E-state index contributed by atoms with van der Waals surface area (Å²) in [5.74, 6) is 0.0354. The molecule has 1 saturated carbocycles. The lowest BCUT2D eigenvalue weighted by molar-refractivity contribution is 0.0628. The molecule has 2 fully saturated rings. The predicted octanol–water partition coefficient (Wildman–Crippen LogP) is 4.38. The number of hydrogen-bond donors (Lipinski definition) is 0. The van der Waals surface area contributed by atoms with Crippen LogP contribution in [0.3, 0.4) is 0 Å². The minimum Gasteiger partial charge on any atom is -0.333 e. The van der Waals surface area contributed by atoms with E-state index in [0.717, 1.165) is 17.3 Å². The van der Waals surface area contributed by atoms with E-state index in [-0.39, 0.29) is 17.5 Å². The lowest BCUT2D eigenvalue weighted by Gasteiger charge is -2.33. The zero-order chi connectivity index (χ0) is 14.3. The highest BCUT2D eigenvalue weighted by atomic mass is 79.9. The molecule has 3 rings (SSSR count). The monoisotopic (exact) mass is 339 g/mol. The van der Waals surface area contributed by atoms with Crippen LogP contribution < -0.4 is 0 Å². The van der Waals surface area contributed by atoms with Crippen molar-refractivity contribution < 1.29 is 9.18 Å². The summed E-state index contributed by atoms with van der Waals surface area (Å²) in [6.07, 6.45) is 5.78. The zero-order valence-corrected chi connectivity index (χ0v) is 13.2. The quantitative estimate of drug-likeness (QED) is 0.743. The number of nitrogens with zero attached hydrogens (tertiary/aromatic N) is 1. The molecule has 20 heavy (non-hydrogen) atoms. The summed E-state index contributed by atoms with van der Waals surface area (Å²) in [5, 5.41) is 0. The first-order chi connectivity index (χ1) is 9.58. The summed E-state index contributed by atoms with van der Waals surface area (Å²) in [4.78, 5) is 14.7. The summed E-state index contributed by atoms with van der Waals surface area (Å²) in [6, 6.07) is 5.11. The van der Waals surface area contributed by atoms with Crippen LogP contribution in [0.2, 0.25) is 0 Å². The van der Waals surface area contributed by atoms with E-state index in [9.17, 15) is 9.18 Å². The van der Waals surface area contributed by atoms with Gasteiger partial charge in [0.15, 0.2) is 0 Å². The second-order valence-electron chi connectivity index (χ2n) is 6.03. The molecule has 1 aliphatic carbocycles. The standard InChI is InChI=1S/C16H19BrFNO/c1-10-8-11-4-2-3-5-15(11)19(10)16(20)13-9-12(17)6-7-14(13)18/h6-7,9-11,15H,2-5,8H2,1H3. The highest BCUT2D eigenvalue weighted by Gasteiger charge is 2.43. The molecule has 1 aromatic rings. The summed E-state index contributed by atoms with van der Waals surface area (Å²) in [7, 11) is 0. The number of halogens is 2. The molecule has 1 aromatic carbocycles. The number of carbonyl (C=O) groups is 1. The van der Waals surface area contributed by atoms with Gasteiger partial charge in [0, 0.05) is 16.6 Å². The molecular weight excluding hydrogens is 321 g/mol. The molecular formula is C16H19BrFNO. The minimum atomic E-state index is -0.426. The van der Waals surface area contributed by atoms with Gasteiger partial charge in [0.05, 0.1) is 5.56 Å². The highest BCUT2D eigenvalue weighted by molar-refractivity contribution is 9.10. The smallest absolute Gasteiger partial charge is 0.257 e. The summed E-state index contributed by atoms with van der Waals surface area (Å²) in [5.41, 5.74) is 0.192.